The average Bonchev–Trinajstić information content (AvgIpc) is 2.78. The second kappa shape index (κ2) is 9.93. The minimum atomic E-state index is -3.93. The van der Waals surface area contributed by atoms with Crippen molar-refractivity contribution in [1.82, 2.24) is 5.32 Å². The van der Waals surface area contributed by atoms with Crippen molar-refractivity contribution in [2.75, 3.05) is 24.5 Å². The Kier molecular flexibility index (Phi) is 7.08. The molecule has 0 aromatic heterocycles. The zero-order chi connectivity index (χ0) is 21.4. The zero-order valence-electron chi connectivity index (χ0n) is 16.7. The highest BCUT2D eigenvalue weighted by atomic mass is 32.2. The predicted octanol–water partition coefficient (Wildman–Crippen LogP) is 3.25. The molecule has 30 heavy (non-hydrogen) atoms. The van der Waals surface area contributed by atoms with E-state index in [1.165, 1.54) is 19.2 Å². The highest BCUT2D eigenvalue weighted by Gasteiger charge is 2.27. The summed E-state index contributed by atoms with van der Waals surface area (Å²) in [5, 5.41) is 2.81. The van der Waals surface area contributed by atoms with E-state index in [0.29, 0.717) is 24.4 Å². The highest BCUT2D eigenvalue weighted by molar-refractivity contribution is 7.92. The largest absolute Gasteiger partial charge is 0.497 e. The van der Waals surface area contributed by atoms with Gasteiger partial charge in [-0.2, -0.15) is 0 Å². The number of sulfonamides is 1. The van der Waals surface area contributed by atoms with Gasteiger partial charge in [0.1, 0.15) is 12.3 Å². The van der Waals surface area contributed by atoms with Crippen molar-refractivity contribution in [3.8, 4) is 5.75 Å². The quantitative estimate of drug-likeness (QED) is 0.572. The number of amides is 1. The number of hydrogen-bond acceptors (Lipinski definition) is 4. The molecule has 3 aromatic rings. The van der Waals surface area contributed by atoms with Crippen LogP contribution in [-0.2, 0) is 21.2 Å². The fraction of sp³-hybridized carbons (Fsp3) is 0.174. The number of ether oxygens (including phenoxy) is 1. The van der Waals surface area contributed by atoms with Gasteiger partial charge >= 0.3 is 0 Å². The van der Waals surface area contributed by atoms with Gasteiger partial charge in [-0.15, -0.1) is 0 Å². The van der Waals surface area contributed by atoms with E-state index >= 15 is 0 Å². The summed E-state index contributed by atoms with van der Waals surface area (Å²) in [5.41, 5.74) is 1.52. The standard InChI is InChI=1S/C23H24N2O4S/c1-29-21-12-14-22(15-13-21)30(27,28)25(20-10-6-3-7-11-20)18-23(26)24-17-16-19-8-4-2-5-9-19/h2-15H,16-18H2,1H3,(H,24,26). The number of anilines is 1. The fourth-order valence-corrected chi connectivity index (χ4v) is 4.38. The van der Waals surface area contributed by atoms with Gasteiger partial charge in [0.25, 0.3) is 10.0 Å². The molecule has 3 rings (SSSR count). The van der Waals surface area contributed by atoms with E-state index in [-0.39, 0.29) is 17.3 Å². The Hall–Kier alpha value is -3.32. The molecule has 0 bridgehead atoms. The van der Waals surface area contributed by atoms with Crippen LogP contribution in [0.2, 0.25) is 0 Å². The lowest BCUT2D eigenvalue weighted by Gasteiger charge is -2.24. The maximum Gasteiger partial charge on any atom is 0.264 e. The van der Waals surface area contributed by atoms with Gasteiger partial charge in [0.2, 0.25) is 5.91 Å². The third-order valence-corrected chi connectivity index (χ3v) is 6.35. The topological polar surface area (TPSA) is 75.7 Å². The van der Waals surface area contributed by atoms with Crippen molar-refractivity contribution in [2.24, 2.45) is 0 Å². The lowest BCUT2D eigenvalue weighted by atomic mass is 10.1. The smallest absolute Gasteiger partial charge is 0.264 e. The summed E-state index contributed by atoms with van der Waals surface area (Å²) >= 11 is 0. The number of carbonyl (C=O) groups excluding carboxylic acids is 1. The first-order valence-corrected chi connectivity index (χ1v) is 11.0. The molecule has 0 spiro atoms. The molecule has 0 fully saturated rings. The molecule has 0 aliphatic carbocycles. The monoisotopic (exact) mass is 424 g/mol. The normalized spacial score (nSPS) is 11.0. The second-order valence-corrected chi connectivity index (χ2v) is 8.47. The van der Waals surface area contributed by atoms with Crippen molar-refractivity contribution in [3.05, 3.63) is 90.5 Å². The van der Waals surface area contributed by atoms with Crippen LogP contribution in [0, 0.1) is 0 Å². The van der Waals surface area contributed by atoms with Crippen molar-refractivity contribution < 1.29 is 17.9 Å². The van der Waals surface area contributed by atoms with Crippen molar-refractivity contribution in [1.29, 1.82) is 0 Å². The third kappa shape index (κ3) is 5.39. The minimum Gasteiger partial charge on any atom is -0.497 e. The van der Waals surface area contributed by atoms with Crippen LogP contribution in [-0.4, -0.2) is 34.5 Å². The van der Waals surface area contributed by atoms with Gasteiger partial charge in [0.05, 0.1) is 17.7 Å². The SMILES string of the molecule is COc1ccc(S(=O)(=O)N(CC(=O)NCCc2ccccc2)c2ccccc2)cc1. The summed E-state index contributed by atoms with van der Waals surface area (Å²) in [5.74, 6) is 0.186. The molecule has 1 N–H and O–H groups in total. The van der Waals surface area contributed by atoms with E-state index in [9.17, 15) is 13.2 Å². The Labute approximate surface area is 177 Å². The molecular weight excluding hydrogens is 400 g/mol. The molecule has 1 amide bonds. The van der Waals surface area contributed by atoms with Crippen LogP contribution >= 0.6 is 0 Å². The molecule has 0 saturated carbocycles. The summed E-state index contributed by atoms with van der Waals surface area (Å²) < 4.78 is 32.8. The molecule has 0 heterocycles. The summed E-state index contributed by atoms with van der Waals surface area (Å²) in [7, 11) is -2.42. The third-order valence-electron chi connectivity index (χ3n) is 4.56. The fourth-order valence-electron chi connectivity index (χ4n) is 2.96. The van der Waals surface area contributed by atoms with Crippen LogP contribution < -0.4 is 14.4 Å². The predicted molar refractivity (Wildman–Crippen MR) is 117 cm³/mol. The Balaban J connectivity index is 1.76. The van der Waals surface area contributed by atoms with Crippen molar-refractivity contribution >= 4 is 21.6 Å². The number of methoxy groups -OCH3 is 1. The molecular formula is C23H24N2O4S. The summed E-state index contributed by atoms with van der Waals surface area (Å²) in [6.45, 7) is 0.112. The van der Waals surface area contributed by atoms with E-state index in [1.807, 2.05) is 30.3 Å². The lowest BCUT2D eigenvalue weighted by molar-refractivity contribution is -0.119. The number of hydrogen-bond donors (Lipinski definition) is 1. The molecule has 0 radical (unpaired) electrons. The van der Waals surface area contributed by atoms with Gasteiger partial charge in [-0.25, -0.2) is 8.42 Å². The molecule has 7 heteroatoms. The number of benzene rings is 3. The molecule has 156 valence electrons. The van der Waals surface area contributed by atoms with Crippen molar-refractivity contribution in [3.63, 3.8) is 0 Å². The molecule has 0 unspecified atom stereocenters. The number of carbonyl (C=O) groups is 1. The van der Waals surface area contributed by atoms with E-state index in [4.69, 9.17) is 4.74 Å². The van der Waals surface area contributed by atoms with Crippen LogP contribution in [0.5, 0.6) is 5.75 Å². The Morgan fingerprint density at radius 2 is 1.50 bits per heavy atom. The zero-order valence-corrected chi connectivity index (χ0v) is 17.5. The van der Waals surface area contributed by atoms with Gasteiger partial charge in [0.15, 0.2) is 0 Å². The van der Waals surface area contributed by atoms with Crippen molar-refractivity contribution in [2.45, 2.75) is 11.3 Å². The average molecular weight is 425 g/mol. The number of para-hydroxylation sites is 1. The van der Waals surface area contributed by atoms with Gasteiger partial charge < -0.3 is 10.1 Å². The molecule has 0 aliphatic heterocycles. The lowest BCUT2D eigenvalue weighted by Crippen LogP contribution is -2.41. The molecule has 6 nitrogen and oxygen atoms in total. The summed E-state index contributed by atoms with van der Waals surface area (Å²) in [4.78, 5) is 12.6. The first-order valence-electron chi connectivity index (χ1n) is 9.53. The number of nitrogens with zero attached hydrogens (tertiary/aromatic N) is 1. The molecule has 0 aliphatic rings. The second-order valence-electron chi connectivity index (χ2n) is 6.61. The van der Waals surface area contributed by atoms with Crippen LogP contribution in [0.25, 0.3) is 0 Å². The van der Waals surface area contributed by atoms with E-state index in [1.54, 1.807) is 42.5 Å². The van der Waals surface area contributed by atoms with Crippen LogP contribution in [0.3, 0.4) is 0 Å². The molecule has 3 aromatic carbocycles. The first-order chi connectivity index (χ1) is 14.5. The Bertz CT molecular complexity index is 1050. The maximum absolute atomic E-state index is 13.3. The highest BCUT2D eigenvalue weighted by Crippen LogP contribution is 2.24. The van der Waals surface area contributed by atoms with Gasteiger partial charge in [-0.1, -0.05) is 48.5 Å². The minimum absolute atomic E-state index is 0.0873. The van der Waals surface area contributed by atoms with Gasteiger partial charge in [-0.05, 0) is 48.4 Å². The summed E-state index contributed by atoms with van der Waals surface area (Å²) in [6, 6.07) is 24.5. The van der Waals surface area contributed by atoms with E-state index in [2.05, 4.69) is 5.32 Å². The first kappa shape index (κ1) is 21.4. The van der Waals surface area contributed by atoms with E-state index in [0.717, 1.165) is 9.87 Å². The molecule has 0 atom stereocenters. The maximum atomic E-state index is 13.3. The van der Waals surface area contributed by atoms with Crippen LogP contribution in [0.4, 0.5) is 5.69 Å². The van der Waals surface area contributed by atoms with E-state index < -0.39 is 10.0 Å². The van der Waals surface area contributed by atoms with Crippen LogP contribution in [0.1, 0.15) is 5.56 Å². The Morgan fingerprint density at radius 3 is 2.10 bits per heavy atom. The number of rotatable bonds is 9. The van der Waals surface area contributed by atoms with Gasteiger partial charge in [0, 0.05) is 6.54 Å². The Morgan fingerprint density at radius 1 is 0.900 bits per heavy atom. The number of nitrogens with one attached hydrogen (secondary N) is 1. The van der Waals surface area contributed by atoms with Crippen LogP contribution in [0.15, 0.2) is 89.8 Å². The molecule has 0 saturated heterocycles. The summed E-state index contributed by atoms with van der Waals surface area (Å²) in [6.07, 6.45) is 0.670. The van der Waals surface area contributed by atoms with Gasteiger partial charge in [-0.3, -0.25) is 9.10 Å².